The van der Waals surface area contributed by atoms with E-state index in [2.05, 4.69) is 16.1 Å². The number of pyridine rings is 2. The van der Waals surface area contributed by atoms with E-state index in [9.17, 15) is 4.79 Å². The van der Waals surface area contributed by atoms with Crippen LogP contribution in [-0.4, -0.2) is 25.7 Å². The normalized spacial score (nSPS) is 13.8. The summed E-state index contributed by atoms with van der Waals surface area (Å²) in [4.78, 5) is 23.5. The molecule has 0 atom stereocenters. The Morgan fingerprint density at radius 3 is 2.69 bits per heavy atom. The van der Waals surface area contributed by atoms with Crippen molar-refractivity contribution in [3.05, 3.63) is 59.2 Å². The third-order valence-electron chi connectivity index (χ3n) is 5.05. The number of carbonyl (C=O) groups is 1. The highest BCUT2D eigenvalue weighted by atomic mass is 16.2. The van der Waals surface area contributed by atoms with Gasteiger partial charge in [-0.2, -0.15) is 5.10 Å². The summed E-state index contributed by atoms with van der Waals surface area (Å²) in [5, 5.41) is 4.47. The molecule has 6 nitrogen and oxygen atoms in total. The fourth-order valence-electron chi connectivity index (χ4n) is 3.44. The smallest absolute Gasteiger partial charge is 0.228 e. The lowest BCUT2D eigenvalue weighted by molar-refractivity contribution is -0.119. The van der Waals surface area contributed by atoms with Gasteiger partial charge in [0.25, 0.3) is 0 Å². The zero-order valence-electron chi connectivity index (χ0n) is 15.2. The Morgan fingerprint density at radius 2 is 2.00 bits per heavy atom. The monoisotopic (exact) mass is 347 g/mol. The van der Waals surface area contributed by atoms with Gasteiger partial charge in [0.15, 0.2) is 0 Å². The van der Waals surface area contributed by atoms with Crippen LogP contribution in [0.25, 0.3) is 11.3 Å². The van der Waals surface area contributed by atoms with E-state index >= 15 is 0 Å². The van der Waals surface area contributed by atoms with Crippen LogP contribution >= 0.6 is 0 Å². The molecule has 0 saturated carbocycles. The lowest BCUT2D eigenvalue weighted by Crippen LogP contribution is -2.35. The van der Waals surface area contributed by atoms with Gasteiger partial charge in [-0.15, -0.1) is 0 Å². The van der Waals surface area contributed by atoms with Gasteiger partial charge < -0.3 is 0 Å². The number of anilines is 1. The highest BCUT2D eigenvalue weighted by molar-refractivity contribution is 5.95. The van der Waals surface area contributed by atoms with Crippen LogP contribution in [-0.2, 0) is 24.8 Å². The van der Waals surface area contributed by atoms with Crippen molar-refractivity contribution in [1.82, 2.24) is 19.7 Å². The molecule has 0 bridgehead atoms. The van der Waals surface area contributed by atoms with Crippen LogP contribution in [0.3, 0.4) is 0 Å². The molecule has 0 fully saturated rings. The number of aromatic nitrogens is 4. The molecular weight excluding hydrogens is 326 g/mol. The molecule has 0 N–H and O–H groups in total. The standard InChI is InChI=1S/C20H21N5O/c1-13-17(14(2)24(3)23-13)12-25-19(26)9-7-15-6-8-18(22-20(15)25)16-5-4-10-21-11-16/h4-6,8,10-11H,7,9,12H2,1-3H3. The van der Waals surface area contributed by atoms with Gasteiger partial charge in [-0.05, 0) is 44.0 Å². The molecule has 1 amide bonds. The van der Waals surface area contributed by atoms with Gasteiger partial charge in [-0.1, -0.05) is 6.07 Å². The van der Waals surface area contributed by atoms with E-state index < -0.39 is 0 Å². The van der Waals surface area contributed by atoms with Gasteiger partial charge in [0.2, 0.25) is 5.91 Å². The molecule has 26 heavy (non-hydrogen) atoms. The minimum atomic E-state index is 0.107. The molecule has 0 aromatic carbocycles. The number of aryl methyl sites for hydroxylation is 3. The van der Waals surface area contributed by atoms with Crippen LogP contribution in [0.4, 0.5) is 5.82 Å². The maximum Gasteiger partial charge on any atom is 0.228 e. The van der Waals surface area contributed by atoms with Crippen LogP contribution in [0.15, 0.2) is 36.7 Å². The summed E-state index contributed by atoms with van der Waals surface area (Å²) in [6.07, 6.45) is 4.78. The average Bonchev–Trinajstić information content (AvgIpc) is 2.90. The van der Waals surface area contributed by atoms with Gasteiger partial charge in [-0.25, -0.2) is 4.98 Å². The first-order valence-corrected chi connectivity index (χ1v) is 8.74. The minimum Gasteiger partial charge on any atom is -0.292 e. The van der Waals surface area contributed by atoms with Crippen LogP contribution in [0.2, 0.25) is 0 Å². The number of rotatable bonds is 3. The second-order valence-electron chi connectivity index (χ2n) is 6.67. The molecule has 132 valence electrons. The second kappa shape index (κ2) is 6.37. The molecule has 4 heterocycles. The van der Waals surface area contributed by atoms with Gasteiger partial charge in [-0.3, -0.25) is 19.4 Å². The Morgan fingerprint density at radius 1 is 1.15 bits per heavy atom. The van der Waals surface area contributed by atoms with Gasteiger partial charge >= 0.3 is 0 Å². The maximum atomic E-state index is 12.7. The highest BCUT2D eigenvalue weighted by Gasteiger charge is 2.27. The number of nitrogens with zero attached hydrogens (tertiary/aromatic N) is 5. The summed E-state index contributed by atoms with van der Waals surface area (Å²) >= 11 is 0. The van der Waals surface area contributed by atoms with Crippen molar-refractivity contribution < 1.29 is 4.79 Å². The first kappa shape index (κ1) is 16.4. The van der Waals surface area contributed by atoms with E-state index in [1.54, 1.807) is 17.3 Å². The quantitative estimate of drug-likeness (QED) is 0.731. The number of carbonyl (C=O) groups excluding carboxylic acids is 1. The number of amides is 1. The SMILES string of the molecule is Cc1nn(C)c(C)c1CN1C(=O)CCc2ccc(-c3cccnc3)nc21. The van der Waals surface area contributed by atoms with Crippen molar-refractivity contribution in [2.45, 2.75) is 33.2 Å². The Kier molecular flexibility index (Phi) is 4.03. The van der Waals surface area contributed by atoms with E-state index in [0.717, 1.165) is 46.0 Å². The van der Waals surface area contributed by atoms with E-state index in [-0.39, 0.29) is 5.91 Å². The number of hydrogen-bond acceptors (Lipinski definition) is 4. The lowest BCUT2D eigenvalue weighted by Gasteiger charge is -2.29. The molecule has 0 radical (unpaired) electrons. The van der Waals surface area contributed by atoms with Crippen LogP contribution in [0.5, 0.6) is 0 Å². The molecule has 6 heteroatoms. The molecule has 1 aliphatic heterocycles. The zero-order chi connectivity index (χ0) is 18.3. The number of fused-ring (bicyclic) bond motifs is 1. The van der Waals surface area contributed by atoms with Gasteiger partial charge in [0.05, 0.1) is 17.9 Å². The predicted molar refractivity (Wildman–Crippen MR) is 99.7 cm³/mol. The average molecular weight is 347 g/mol. The molecule has 0 spiro atoms. The summed E-state index contributed by atoms with van der Waals surface area (Å²) in [5.41, 5.74) is 6.00. The maximum absolute atomic E-state index is 12.7. The second-order valence-corrected chi connectivity index (χ2v) is 6.67. The van der Waals surface area contributed by atoms with Gasteiger partial charge in [0.1, 0.15) is 5.82 Å². The third kappa shape index (κ3) is 2.77. The van der Waals surface area contributed by atoms with Crippen molar-refractivity contribution in [1.29, 1.82) is 0 Å². The predicted octanol–water partition coefficient (Wildman–Crippen LogP) is 2.97. The van der Waals surface area contributed by atoms with E-state index in [1.165, 1.54) is 0 Å². The Hall–Kier alpha value is -3.02. The summed E-state index contributed by atoms with van der Waals surface area (Å²) in [7, 11) is 1.93. The first-order valence-electron chi connectivity index (χ1n) is 8.74. The molecule has 3 aromatic heterocycles. The highest BCUT2D eigenvalue weighted by Crippen LogP contribution is 2.31. The van der Waals surface area contributed by atoms with Crippen molar-refractivity contribution in [3.63, 3.8) is 0 Å². The summed E-state index contributed by atoms with van der Waals surface area (Å²) in [6, 6.07) is 7.95. The summed E-state index contributed by atoms with van der Waals surface area (Å²) in [6.45, 7) is 4.52. The molecular formula is C20H21N5O. The zero-order valence-corrected chi connectivity index (χ0v) is 15.2. The molecule has 3 aromatic rings. The van der Waals surface area contributed by atoms with Crippen LogP contribution < -0.4 is 4.90 Å². The van der Waals surface area contributed by atoms with Crippen molar-refractivity contribution >= 4 is 11.7 Å². The van der Waals surface area contributed by atoms with Crippen molar-refractivity contribution in [2.75, 3.05) is 4.90 Å². The Labute approximate surface area is 152 Å². The third-order valence-corrected chi connectivity index (χ3v) is 5.05. The van der Waals surface area contributed by atoms with E-state index in [1.807, 2.05) is 43.8 Å². The summed E-state index contributed by atoms with van der Waals surface area (Å²) in [5.74, 6) is 0.862. The molecule has 0 aliphatic carbocycles. The van der Waals surface area contributed by atoms with E-state index in [0.29, 0.717) is 13.0 Å². The summed E-state index contributed by atoms with van der Waals surface area (Å²) < 4.78 is 1.86. The van der Waals surface area contributed by atoms with E-state index in [4.69, 9.17) is 4.98 Å². The fraction of sp³-hybridized carbons (Fsp3) is 0.300. The molecule has 0 unspecified atom stereocenters. The Bertz CT molecular complexity index is 977. The van der Waals surface area contributed by atoms with Crippen molar-refractivity contribution in [2.24, 2.45) is 7.05 Å². The van der Waals surface area contributed by atoms with Crippen LogP contribution in [0.1, 0.15) is 28.9 Å². The lowest BCUT2D eigenvalue weighted by atomic mass is 10.0. The first-order chi connectivity index (χ1) is 12.5. The number of hydrogen-bond donors (Lipinski definition) is 0. The molecule has 1 aliphatic rings. The van der Waals surface area contributed by atoms with Gasteiger partial charge in [0, 0.05) is 42.7 Å². The fourth-order valence-corrected chi connectivity index (χ4v) is 3.44. The van der Waals surface area contributed by atoms with Crippen LogP contribution in [0, 0.1) is 13.8 Å². The Balaban J connectivity index is 1.76. The molecule has 4 rings (SSSR count). The topological polar surface area (TPSA) is 63.9 Å². The minimum absolute atomic E-state index is 0.107. The van der Waals surface area contributed by atoms with Crippen molar-refractivity contribution in [3.8, 4) is 11.3 Å². The largest absolute Gasteiger partial charge is 0.292 e. The molecule has 0 saturated heterocycles.